The van der Waals surface area contributed by atoms with Crippen molar-refractivity contribution in [1.29, 1.82) is 0 Å². The Morgan fingerprint density at radius 3 is 2.56 bits per heavy atom. The molecule has 0 bridgehead atoms. The summed E-state index contributed by atoms with van der Waals surface area (Å²) in [6.45, 7) is 1.18. The van der Waals surface area contributed by atoms with Gasteiger partial charge in [-0.15, -0.1) is 0 Å². The number of hydrogen-bond donors (Lipinski definition) is 1. The first-order chi connectivity index (χ1) is 15.6. The molecule has 0 amide bonds. The second-order valence-corrected chi connectivity index (χ2v) is 8.27. The van der Waals surface area contributed by atoms with Crippen LogP contribution < -0.4 is 9.47 Å². The van der Waals surface area contributed by atoms with Crippen LogP contribution in [0.2, 0.25) is 0 Å². The number of benzene rings is 3. The van der Waals surface area contributed by atoms with Crippen LogP contribution in [-0.4, -0.2) is 29.4 Å². The van der Waals surface area contributed by atoms with Gasteiger partial charge < -0.3 is 19.1 Å². The van der Waals surface area contributed by atoms with Gasteiger partial charge in [-0.2, -0.15) is 0 Å². The van der Waals surface area contributed by atoms with Crippen LogP contribution in [0.5, 0.6) is 11.5 Å². The number of aromatic carboxylic acids is 1. The van der Waals surface area contributed by atoms with Gasteiger partial charge in [-0.05, 0) is 60.2 Å². The Labute approximate surface area is 186 Å². The van der Waals surface area contributed by atoms with Crippen LogP contribution in [0.1, 0.15) is 28.9 Å². The van der Waals surface area contributed by atoms with E-state index in [2.05, 4.69) is 0 Å². The molecule has 5 heteroatoms. The Morgan fingerprint density at radius 2 is 1.78 bits per heavy atom. The highest BCUT2D eigenvalue weighted by atomic mass is 16.5. The molecule has 5 nitrogen and oxygen atoms in total. The number of hydrogen-bond acceptors (Lipinski definition) is 3. The first-order valence-electron chi connectivity index (χ1n) is 10.8. The van der Waals surface area contributed by atoms with Crippen molar-refractivity contribution >= 4 is 16.9 Å². The average Bonchev–Trinajstić information content (AvgIpc) is 3.59. The fraction of sp³-hybridized carbons (Fsp3) is 0.222. The van der Waals surface area contributed by atoms with E-state index < -0.39 is 5.97 Å². The van der Waals surface area contributed by atoms with E-state index in [0.29, 0.717) is 23.8 Å². The molecule has 32 heavy (non-hydrogen) atoms. The highest BCUT2D eigenvalue weighted by Crippen LogP contribution is 2.37. The fourth-order valence-electron chi connectivity index (χ4n) is 4.18. The third kappa shape index (κ3) is 3.94. The van der Waals surface area contributed by atoms with Gasteiger partial charge in [-0.1, -0.05) is 42.5 Å². The number of fused-ring (bicyclic) bond motifs is 1. The molecule has 0 radical (unpaired) electrons. The van der Waals surface area contributed by atoms with E-state index in [9.17, 15) is 9.90 Å². The second-order valence-electron chi connectivity index (χ2n) is 8.27. The largest absolute Gasteiger partial charge is 0.497 e. The lowest BCUT2D eigenvalue weighted by atomic mass is 10.0. The summed E-state index contributed by atoms with van der Waals surface area (Å²) in [6.07, 6.45) is 2.48. The fourth-order valence-corrected chi connectivity index (χ4v) is 4.18. The normalized spacial score (nSPS) is 13.3. The molecular formula is C27H25NO4. The zero-order chi connectivity index (χ0) is 22.1. The van der Waals surface area contributed by atoms with Crippen molar-refractivity contribution in [2.75, 3.05) is 13.7 Å². The van der Waals surface area contributed by atoms with Crippen molar-refractivity contribution in [3.63, 3.8) is 0 Å². The maximum absolute atomic E-state index is 12.5. The number of carboxylic acid groups (broad SMARTS) is 1. The number of carbonyl (C=O) groups is 1. The highest BCUT2D eigenvalue weighted by Gasteiger charge is 2.24. The summed E-state index contributed by atoms with van der Waals surface area (Å²) in [4.78, 5) is 12.5. The quantitative estimate of drug-likeness (QED) is 0.383. The topological polar surface area (TPSA) is 60.7 Å². The zero-order valence-electron chi connectivity index (χ0n) is 18.0. The van der Waals surface area contributed by atoms with Gasteiger partial charge in [0.2, 0.25) is 0 Å². The molecule has 1 N–H and O–H groups in total. The van der Waals surface area contributed by atoms with Gasteiger partial charge in [-0.3, -0.25) is 0 Å². The highest BCUT2D eigenvalue weighted by molar-refractivity contribution is 6.08. The smallest absolute Gasteiger partial charge is 0.353 e. The van der Waals surface area contributed by atoms with Gasteiger partial charge in [0, 0.05) is 23.0 Å². The van der Waals surface area contributed by atoms with Crippen molar-refractivity contribution < 1.29 is 19.4 Å². The Hall–Kier alpha value is -3.73. The minimum Gasteiger partial charge on any atom is -0.497 e. The molecular weight excluding hydrogens is 402 g/mol. The summed E-state index contributed by atoms with van der Waals surface area (Å²) in [5.41, 5.74) is 3.67. The van der Waals surface area contributed by atoms with Gasteiger partial charge in [0.1, 0.15) is 17.2 Å². The van der Waals surface area contributed by atoms with Crippen LogP contribution >= 0.6 is 0 Å². The van der Waals surface area contributed by atoms with Crippen LogP contribution in [0.25, 0.3) is 22.0 Å². The lowest BCUT2D eigenvalue weighted by Crippen LogP contribution is -2.11. The Balaban J connectivity index is 1.61. The Kier molecular flexibility index (Phi) is 5.31. The SMILES string of the molecule is COc1cccc(-c2c(C(=O)O)n(Cc3cccc(OCC4CC4)c3)c3ccccc23)c1. The summed E-state index contributed by atoms with van der Waals surface area (Å²) >= 11 is 0. The number of rotatable bonds is 8. The van der Waals surface area contributed by atoms with Gasteiger partial charge in [0.15, 0.2) is 0 Å². The molecule has 0 atom stereocenters. The Bertz CT molecular complexity index is 1290. The first-order valence-corrected chi connectivity index (χ1v) is 10.8. The third-order valence-corrected chi connectivity index (χ3v) is 5.95. The van der Waals surface area contributed by atoms with E-state index in [1.165, 1.54) is 12.8 Å². The molecule has 1 aromatic heterocycles. The number of aromatic nitrogens is 1. The molecule has 1 aliphatic carbocycles. The number of carboxylic acids is 1. The monoisotopic (exact) mass is 427 g/mol. The van der Waals surface area contributed by atoms with E-state index in [4.69, 9.17) is 9.47 Å². The minimum atomic E-state index is -0.958. The summed E-state index contributed by atoms with van der Waals surface area (Å²) in [5, 5.41) is 11.1. The minimum absolute atomic E-state index is 0.267. The van der Waals surface area contributed by atoms with E-state index >= 15 is 0 Å². The molecule has 3 aromatic carbocycles. The van der Waals surface area contributed by atoms with Gasteiger partial charge in [-0.25, -0.2) is 4.79 Å². The molecule has 0 aliphatic heterocycles. The molecule has 1 saturated carbocycles. The molecule has 0 unspecified atom stereocenters. The average molecular weight is 428 g/mol. The third-order valence-electron chi connectivity index (χ3n) is 5.95. The number of nitrogens with zero attached hydrogens (tertiary/aromatic N) is 1. The Morgan fingerprint density at radius 1 is 1.00 bits per heavy atom. The predicted molar refractivity (Wildman–Crippen MR) is 125 cm³/mol. The van der Waals surface area contributed by atoms with Crippen molar-refractivity contribution in [1.82, 2.24) is 4.57 Å². The molecule has 162 valence electrons. The van der Waals surface area contributed by atoms with Crippen molar-refractivity contribution in [2.45, 2.75) is 19.4 Å². The van der Waals surface area contributed by atoms with Crippen molar-refractivity contribution in [3.05, 3.63) is 84.1 Å². The predicted octanol–water partition coefficient (Wildman–Crippen LogP) is 5.85. The van der Waals surface area contributed by atoms with Gasteiger partial charge in [0.25, 0.3) is 0 Å². The molecule has 1 fully saturated rings. The maximum Gasteiger partial charge on any atom is 0.353 e. The lowest BCUT2D eigenvalue weighted by Gasteiger charge is -2.12. The molecule has 5 rings (SSSR count). The molecule has 1 heterocycles. The summed E-state index contributed by atoms with van der Waals surface area (Å²) in [5.74, 6) is 1.24. The summed E-state index contributed by atoms with van der Waals surface area (Å²) in [7, 11) is 1.61. The summed E-state index contributed by atoms with van der Waals surface area (Å²) < 4.78 is 13.2. The zero-order valence-corrected chi connectivity index (χ0v) is 18.0. The molecule has 4 aromatic rings. The van der Waals surface area contributed by atoms with E-state index in [0.717, 1.165) is 34.4 Å². The molecule has 0 spiro atoms. The molecule has 0 saturated heterocycles. The van der Waals surface area contributed by atoms with E-state index in [-0.39, 0.29) is 5.69 Å². The van der Waals surface area contributed by atoms with E-state index in [1.807, 2.05) is 77.4 Å². The molecule has 1 aliphatic rings. The van der Waals surface area contributed by atoms with Gasteiger partial charge in [0.05, 0.1) is 13.7 Å². The standard InChI is InChI=1S/C27H25NO4/c1-31-21-8-5-7-20(15-21)25-23-10-2-3-11-24(23)28(26(25)27(29)30)16-19-6-4-9-22(14-19)32-17-18-12-13-18/h2-11,14-15,18H,12-13,16-17H2,1H3,(H,29,30). The maximum atomic E-state index is 12.5. The first kappa shape index (κ1) is 20.2. The number of para-hydroxylation sites is 1. The van der Waals surface area contributed by atoms with E-state index in [1.54, 1.807) is 7.11 Å². The van der Waals surface area contributed by atoms with Crippen LogP contribution in [-0.2, 0) is 6.54 Å². The second kappa shape index (κ2) is 8.42. The van der Waals surface area contributed by atoms with Gasteiger partial charge >= 0.3 is 5.97 Å². The van der Waals surface area contributed by atoms with Crippen LogP contribution in [0.15, 0.2) is 72.8 Å². The van der Waals surface area contributed by atoms with Crippen LogP contribution in [0.4, 0.5) is 0 Å². The van der Waals surface area contributed by atoms with Crippen molar-refractivity contribution in [2.24, 2.45) is 5.92 Å². The van der Waals surface area contributed by atoms with Crippen LogP contribution in [0.3, 0.4) is 0 Å². The van der Waals surface area contributed by atoms with Crippen molar-refractivity contribution in [3.8, 4) is 22.6 Å². The number of ether oxygens (including phenoxy) is 2. The van der Waals surface area contributed by atoms with Crippen LogP contribution in [0, 0.1) is 5.92 Å². The lowest BCUT2D eigenvalue weighted by molar-refractivity contribution is 0.0687. The summed E-state index contributed by atoms with van der Waals surface area (Å²) in [6, 6.07) is 23.3. The number of methoxy groups -OCH3 is 1.